The molecule has 0 aromatic heterocycles. The van der Waals surface area contributed by atoms with Crippen LogP contribution < -0.4 is 9.47 Å². The third kappa shape index (κ3) is 5.32. The number of esters is 2. The van der Waals surface area contributed by atoms with Crippen molar-refractivity contribution in [3.05, 3.63) is 70.8 Å². The number of rotatable bonds is 5. The molecule has 10 N–H and O–H groups in total. The second-order valence-corrected chi connectivity index (χ2v) is 9.63. The lowest BCUT2D eigenvalue weighted by Gasteiger charge is -2.34. The minimum Gasteiger partial charge on any atom is -0.508 e. The van der Waals surface area contributed by atoms with Crippen LogP contribution in [0.5, 0.6) is 69.0 Å². The standard InChI is InChI=1S/C29H22O15/c30-13-7-21-14(22(8-13)43-28(40)11-3-17(33)25(38)18(34)4-11)9-23(27(42-21)10-1-15(31)24(37)16(32)2-10)44-29(41)12-5-19(35)26(39)20(36)6-12/h1-8,23,27,30-39H,9H2/t23-,27-/m1/s1. The van der Waals surface area contributed by atoms with Crippen molar-refractivity contribution in [1.82, 2.24) is 0 Å². The SMILES string of the molecule is O=C(Oc1cc(O)cc2c1C[C@@H](OC(=O)c1cc(O)c(O)c(O)c1)[C@@H](c1cc(O)c(O)c(O)c1)O2)c1cc(O)c(O)c(O)c1. The fourth-order valence-electron chi connectivity index (χ4n) is 4.51. The molecule has 0 aliphatic carbocycles. The van der Waals surface area contributed by atoms with Crippen LogP contribution in [0.4, 0.5) is 0 Å². The van der Waals surface area contributed by atoms with Gasteiger partial charge >= 0.3 is 11.9 Å². The van der Waals surface area contributed by atoms with E-state index in [1.54, 1.807) is 0 Å². The largest absolute Gasteiger partial charge is 0.508 e. The predicted molar refractivity (Wildman–Crippen MR) is 144 cm³/mol. The van der Waals surface area contributed by atoms with Crippen LogP contribution in [0.3, 0.4) is 0 Å². The number of hydrogen-bond acceptors (Lipinski definition) is 15. The monoisotopic (exact) mass is 610 g/mol. The fraction of sp³-hybridized carbons (Fsp3) is 0.103. The average molecular weight is 610 g/mol. The van der Waals surface area contributed by atoms with Gasteiger partial charge in [0.05, 0.1) is 11.1 Å². The van der Waals surface area contributed by atoms with E-state index < -0.39 is 92.8 Å². The molecule has 5 rings (SSSR count). The topological polar surface area (TPSA) is 264 Å². The number of aromatic hydroxyl groups is 10. The van der Waals surface area contributed by atoms with E-state index in [0.29, 0.717) is 0 Å². The number of phenolic OH excluding ortho intramolecular Hbond substituents is 10. The van der Waals surface area contributed by atoms with E-state index in [1.807, 2.05) is 0 Å². The first kappa shape index (κ1) is 29.1. The molecule has 0 unspecified atom stereocenters. The predicted octanol–water partition coefficient (Wildman–Crippen LogP) is 2.86. The number of hydrogen-bond donors (Lipinski definition) is 10. The van der Waals surface area contributed by atoms with Crippen LogP contribution in [-0.2, 0) is 11.2 Å². The molecular formula is C29H22O15. The molecule has 0 amide bonds. The van der Waals surface area contributed by atoms with Crippen molar-refractivity contribution in [3.63, 3.8) is 0 Å². The summed E-state index contributed by atoms with van der Waals surface area (Å²) in [5, 5.41) is 98.7. The highest BCUT2D eigenvalue weighted by Gasteiger charge is 2.38. The van der Waals surface area contributed by atoms with Crippen LogP contribution in [-0.4, -0.2) is 69.1 Å². The van der Waals surface area contributed by atoms with Crippen molar-refractivity contribution in [2.24, 2.45) is 0 Å². The summed E-state index contributed by atoms with van der Waals surface area (Å²) in [5.74, 6) is -10.6. The molecule has 4 aromatic rings. The summed E-state index contributed by atoms with van der Waals surface area (Å²) in [7, 11) is 0. The van der Waals surface area contributed by atoms with E-state index in [4.69, 9.17) is 14.2 Å². The molecule has 2 atom stereocenters. The highest BCUT2D eigenvalue weighted by Crippen LogP contribution is 2.47. The first-order valence-corrected chi connectivity index (χ1v) is 12.4. The van der Waals surface area contributed by atoms with E-state index >= 15 is 0 Å². The highest BCUT2D eigenvalue weighted by molar-refractivity contribution is 5.93. The third-order valence-electron chi connectivity index (χ3n) is 6.64. The van der Waals surface area contributed by atoms with Gasteiger partial charge in [-0.1, -0.05) is 0 Å². The second kappa shape index (κ2) is 10.8. The Kier molecular flexibility index (Phi) is 7.14. The third-order valence-corrected chi connectivity index (χ3v) is 6.64. The Morgan fingerprint density at radius 3 is 1.57 bits per heavy atom. The quantitative estimate of drug-likeness (QED) is 0.0884. The molecule has 0 saturated heterocycles. The molecule has 0 bridgehead atoms. The Morgan fingerprint density at radius 2 is 1.07 bits per heavy atom. The van der Waals surface area contributed by atoms with Gasteiger partial charge in [0, 0.05) is 29.7 Å². The zero-order chi connectivity index (χ0) is 32.0. The summed E-state index contributed by atoms with van der Waals surface area (Å²) in [6, 6.07) is 7.44. The van der Waals surface area contributed by atoms with Gasteiger partial charge in [-0.05, 0) is 36.4 Å². The number of phenols is 10. The van der Waals surface area contributed by atoms with E-state index in [1.165, 1.54) is 0 Å². The van der Waals surface area contributed by atoms with Gasteiger partial charge in [-0.25, -0.2) is 9.59 Å². The van der Waals surface area contributed by atoms with Gasteiger partial charge in [0.1, 0.15) is 23.4 Å². The van der Waals surface area contributed by atoms with Crippen molar-refractivity contribution < 1.29 is 74.9 Å². The van der Waals surface area contributed by atoms with Crippen LogP contribution in [0, 0.1) is 0 Å². The molecule has 0 saturated carbocycles. The fourth-order valence-corrected chi connectivity index (χ4v) is 4.51. The molecule has 1 aliphatic heterocycles. The molecule has 4 aromatic carbocycles. The van der Waals surface area contributed by atoms with Gasteiger partial charge in [-0.15, -0.1) is 0 Å². The summed E-state index contributed by atoms with van der Waals surface area (Å²) < 4.78 is 16.9. The van der Waals surface area contributed by atoms with Gasteiger partial charge in [0.15, 0.2) is 57.8 Å². The average Bonchev–Trinajstić information content (AvgIpc) is 2.96. The second-order valence-electron chi connectivity index (χ2n) is 9.63. The van der Waals surface area contributed by atoms with Crippen LogP contribution in [0.2, 0.25) is 0 Å². The summed E-state index contributed by atoms with van der Waals surface area (Å²) >= 11 is 0. The maximum Gasteiger partial charge on any atom is 0.343 e. The van der Waals surface area contributed by atoms with Crippen LogP contribution in [0.25, 0.3) is 0 Å². The highest BCUT2D eigenvalue weighted by atomic mass is 16.6. The molecule has 0 fully saturated rings. The van der Waals surface area contributed by atoms with Gasteiger partial charge in [-0.2, -0.15) is 0 Å². The molecule has 0 radical (unpaired) electrons. The van der Waals surface area contributed by atoms with E-state index in [2.05, 4.69) is 0 Å². The summed E-state index contributed by atoms with van der Waals surface area (Å²) in [4.78, 5) is 26.0. The van der Waals surface area contributed by atoms with Gasteiger partial charge in [-0.3, -0.25) is 0 Å². The van der Waals surface area contributed by atoms with Gasteiger partial charge in [0.25, 0.3) is 0 Å². The number of carbonyl (C=O) groups excluding carboxylic acids is 2. The Hall–Kier alpha value is -6.38. The van der Waals surface area contributed by atoms with Crippen LogP contribution in [0.15, 0.2) is 48.5 Å². The van der Waals surface area contributed by atoms with Gasteiger partial charge in [0.2, 0.25) is 0 Å². The summed E-state index contributed by atoms with van der Waals surface area (Å²) in [6.45, 7) is 0. The lowest BCUT2D eigenvalue weighted by Crippen LogP contribution is -2.35. The van der Waals surface area contributed by atoms with Gasteiger partial charge < -0.3 is 65.3 Å². The number of carbonyl (C=O) groups is 2. The van der Waals surface area contributed by atoms with Crippen LogP contribution >= 0.6 is 0 Å². The molecule has 1 heterocycles. The smallest absolute Gasteiger partial charge is 0.343 e. The molecule has 15 heteroatoms. The summed E-state index contributed by atoms with van der Waals surface area (Å²) in [5.41, 5.74) is -0.756. The zero-order valence-corrected chi connectivity index (χ0v) is 22.0. The van der Waals surface area contributed by atoms with Crippen LogP contribution in [0.1, 0.15) is 37.9 Å². The minimum atomic E-state index is -1.37. The Labute approximate surface area is 245 Å². The lowest BCUT2D eigenvalue weighted by atomic mass is 9.93. The van der Waals surface area contributed by atoms with Crippen molar-refractivity contribution in [2.45, 2.75) is 18.6 Å². The number of ether oxygens (including phenoxy) is 3. The number of fused-ring (bicyclic) bond motifs is 1. The maximum atomic E-state index is 13.1. The van der Waals surface area contributed by atoms with Crippen molar-refractivity contribution in [3.8, 4) is 69.0 Å². The molecular weight excluding hydrogens is 588 g/mol. The first-order valence-electron chi connectivity index (χ1n) is 12.4. The Balaban J connectivity index is 1.55. The number of benzene rings is 4. The van der Waals surface area contributed by atoms with Crippen molar-refractivity contribution in [2.75, 3.05) is 0 Å². The molecule has 44 heavy (non-hydrogen) atoms. The lowest BCUT2D eigenvalue weighted by molar-refractivity contribution is -0.0190. The molecule has 0 spiro atoms. The minimum absolute atomic E-state index is 0.0189. The van der Waals surface area contributed by atoms with Crippen molar-refractivity contribution >= 4 is 11.9 Å². The molecule has 1 aliphatic rings. The normalized spacial score (nSPS) is 15.5. The zero-order valence-electron chi connectivity index (χ0n) is 22.0. The maximum absolute atomic E-state index is 13.1. The summed E-state index contributed by atoms with van der Waals surface area (Å²) in [6.07, 6.45) is -3.04. The Morgan fingerprint density at radius 1 is 0.614 bits per heavy atom. The molecule has 15 nitrogen and oxygen atoms in total. The first-order chi connectivity index (χ1) is 20.7. The van der Waals surface area contributed by atoms with Crippen molar-refractivity contribution in [1.29, 1.82) is 0 Å². The van der Waals surface area contributed by atoms with E-state index in [9.17, 15) is 60.7 Å². The molecule has 228 valence electrons. The van der Waals surface area contributed by atoms with E-state index in [-0.39, 0.29) is 29.0 Å². The van der Waals surface area contributed by atoms with E-state index in [0.717, 1.165) is 48.5 Å². The Bertz CT molecular complexity index is 1760.